The fourth-order valence-electron chi connectivity index (χ4n) is 4.48. The second-order valence-electron chi connectivity index (χ2n) is 8.24. The average molecular weight is 451 g/mol. The molecular formula is C26H30N2O5. The molecule has 0 saturated heterocycles. The van der Waals surface area contributed by atoms with E-state index >= 15 is 0 Å². The summed E-state index contributed by atoms with van der Waals surface area (Å²) in [6.45, 7) is 0.864. The molecule has 2 heterocycles. The van der Waals surface area contributed by atoms with Crippen LogP contribution in [0.1, 0.15) is 36.8 Å². The van der Waals surface area contributed by atoms with Crippen LogP contribution >= 0.6 is 0 Å². The fourth-order valence-corrected chi connectivity index (χ4v) is 4.48. The molecule has 174 valence electrons. The largest absolute Gasteiger partial charge is 0.511 e. The zero-order valence-corrected chi connectivity index (χ0v) is 19.0. The molecule has 0 aliphatic carbocycles. The van der Waals surface area contributed by atoms with Crippen LogP contribution in [0.15, 0.2) is 48.7 Å². The molecule has 33 heavy (non-hydrogen) atoms. The predicted octanol–water partition coefficient (Wildman–Crippen LogP) is 5.40. The van der Waals surface area contributed by atoms with Crippen molar-refractivity contribution in [3.8, 4) is 17.2 Å². The van der Waals surface area contributed by atoms with Crippen molar-refractivity contribution in [1.29, 1.82) is 0 Å². The van der Waals surface area contributed by atoms with Gasteiger partial charge in [0.15, 0.2) is 11.5 Å². The number of methoxy groups -OCH3 is 2. The molecule has 0 bridgehead atoms. The highest BCUT2D eigenvalue weighted by molar-refractivity contribution is 5.85. The highest BCUT2D eigenvalue weighted by Gasteiger charge is 2.17. The first-order valence-electron chi connectivity index (χ1n) is 11.2. The Balaban J connectivity index is 1.31. The van der Waals surface area contributed by atoms with Gasteiger partial charge in [0.1, 0.15) is 5.75 Å². The number of aromatic amines is 1. The van der Waals surface area contributed by atoms with Crippen LogP contribution in [-0.4, -0.2) is 43.1 Å². The number of aromatic nitrogens is 1. The lowest BCUT2D eigenvalue weighted by atomic mass is 9.92. The minimum Gasteiger partial charge on any atom is -0.493 e. The molecule has 7 nitrogen and oxygen atoms in total. The van der Waals surface area contributed by atoms with Crippen molar-refractivity contribution in [2.45, 2.75) is 38.1 Å². The van der Waals surface area contributed by atoms with Crippen molar-refractivity contribution < 1.29 is 24.1 Å². The van der Waals surface area contributed by atoms with E-state index in [0.717, 1.165) is 61.1 Å². The molecule has 1 unspecified atom stereocenters. The van der Waals surface area contributed by atoms with Gasteiger partial charge in [0.2, 0.25) is 0 Å². The van der Waals surface area contributed by atoms with Gasteiger partial charge in [0.25, 0.3) is 0 Å². The monoisotopic (exact) mass is 450 g/mol. The first-order valence-corrected chi connectivity index (χ1v) is 11.2. The molecule has 3 N–H and O–H groups in total. The van der Waals surface area contributed by atoms with E-state index in [1.807, 2.05) is 24.4 Å². The number of carboxylic acid groups (broad SMARTS) is 1. The van der Waals surface area contributed by atoms with Crippen LogP contribution in [0, 0.1) is 0 Å². The number of rotatable bonds is 9. The summed E-state index contributed by atoms with van der Waals surface area (Å²) in [7, 11) is 3.31. The van der Waals surface area contributed by atoms with Gasteiger partial charge in [0, 0.05) is 29.7 Å². The maximum atomic E-state index is 10.8. The van der Waals surface area contributed by atoms with E-state index in [-0.39, 0.29) is 0 Å². The maximum absolute atomic E-state index is 10.8. The molecule has 0 fully saturated rings. The molecule has 0 spiro atoms. The van der Waals surface area contributed by atoms with Gasteiger partial charge in [0.05, 0.1) is 14.2 Å². The van der Waals surface area contributed by atoms with Crippen LogP contribution in [0.2, 0.25) is 0 Å². The number of H-pyrrole nitrogens is 1. The summed E-state index contributed by atoms with van der Waals surface area (Å²) in [6.07, 6.45) is 8.14. The molecule has 0 amide bonds. The molecule has 3 aromatic rings. The van der Waals surface area contributed by atoms with E-state index in [1.165, 1.54) is 16.7 Å². The smallest absolute Gasteiger partial charge is 0.493 e. The molecule has 1 aromatic heterocycles. The first-order chi connectivity index (χ1) is 16.1. The van der Waals surface area contributed by atoms with Gasteiger partial charge in [-0.05, 0) is 72.7 Å². The van der Waals surface area contributed by atoms with Gasteiger partial charge >= 0.3 is 6.16 Å². The van der Waals surface area contributed by atoms with Gasteiger partial charge in [-0.3, -0.25) is 0 Å². The van der Waals surface area contributed by atoms with E-state index < -0.39 is 6.16 Å². The number of aryl methyl sites for hydroxylation is 1. The lowest BCUT2D eigenvalue weighted by molar-refractivity contribution is 0.144. The quantitative estimate of drug-likeness (QED) is 0.230. The summed E-state index contributed by atoms with van der Waals surface area (Å²) in [6, 6.07) is 11.8. The maximum Gasteiger partial charge on any atom is 0.511 e. The number of hydrogen-bond acceptors (Lipinski definition) is 5. The molecule has 1 atom stereocenters. The number of fused-ring (bicyclic) bond motifs is 1. The van der Waals surface area contributed by atoms with E-state index in [1.54, 1.807) is 26.4 Å². The highest BCUT2D eigenvalue weighted by atomic mass is 16.7. The molecule has 0 saturated carbocycles. The van der Waals surface area contributed by atoms with E-state index in [4.69, 9.17) is 19.3 Å². The summed E-state index contributed by atoms with van der Waals surface area (Å²) in [5, 5.41) is 13.5. The third-order valence-corrected chi connectivity index (χ3v) is 6.17. The number of ether oxygens (including phenoxy) is 3. The Morgan fingerprint density at radius 1 is 1.09 bits per heavy atom. The van der Waals surface area contributed by atoms with Gasteiger partial charge in [-0.25, -0.2) is 4.79 Å². The number of hydrogen-bond donors (Lipinski definition) is 3. The van der Waals surface area contributed by atoms with Crippen molar-refractivity contribution >= 4 is 22.6 Å². The minimum atomic E-state index is -1.30. The van der Waals surface area contributed by atoms with Gasteiger partial charge in [-0.1, -0.05) is 18.6 Å². The highest BCUT2D eigenvalue weighted by Crippen LogP contribution is 2.33. The van der Waals surface area contributed by atoms with Crippen LogP contribution in [0.3, 0.4) is 0 Å². The Morgan fingerprint density at radius 2 is 1.94 bits per heavy atom. The molecule has 7 heteroatoms. The third kappa shape index (κ3) is 5.49. The SMILES string of the molecule is COc1ccc(C2=CCNC(CCCCc3c[nH]c4ccc(OC(=O)O)cc34)C2)cc1OC. The number of unbranched alkanes of at least 4 members (excludes halogenated alkanes) is 1. The van der Waals surface area contributed by atoms with E-state index in [0.29, 0.717) is 11.8 Å². The Morgan fingerprint density at radius 3 is 2.73 bits per heavy atom. The van der Waals surface area contributed by atoms with Crippen molar-refractivity contribution in [1.82, 2.24) is 10.3 Å². The topological polar surface area (TPSA) is 92.8 Å². The number of nitrogens with one attached hydrogen (secondary N) is 2. The Hall–Kier alpha value is -3.45. The van der Waals surface area contributed by atoms with Crippen LogP contribution < -0.4 is 19.5 Å². The molecular weight excluding hydrogens is 420 g/mol. The molecule has 2 aromatic carbocycles. The average Bonchev–Trinajstić information content (AvgIpc) is 3.23. The van der Waals surface area contributed by atoms with E-state index in [9.17, 15) is 4.79 Å². The van der Waals surface area contributed by atoms with Crippen LogP contribution in [-0.2, 0) is 6.42 Å². The minimum absolute atomic E-state index is 0.344. The lowest BCUT2D eigenvalue weighted by Gasteiger charge is -2.25. The van der Waals surface area contributed by atoms with Crippen LogP contribution in [0.25, 0.3) is 16.5 Å². The summed E-state index contributed by atoms with van der Waals surface area (Å²) in [5.41, 5.74) is 4.68. The fraction of sp³-hybridized carbons (Fsp3) is 0.346. The summed E-state index contributed by atoms with van der Waals surface area (Å²) in [5.74, 6) is 1.84. The second-order valence-corrected chi connectivity index (χ2v) is 8.24. The van der Waals surface area contributed by atoms with Crippen LogP contribution in [0.5, 0.6) is 17.2 Å². The number of carbonyl (C=O) groups is 1. The van der Waals surface area contributed by atoms with Gasteiger partial charge < -0.3 is 29.6 Å². The second kappa shape index (κ2) is 10.4. The summed E-state index contributed by atoms with van der Waals surface area (Å²) < 4.78 is 15.6. The van der Waals surface area contributed by atoms with Crippen molar-refractivity contribution in [2.75, 3.05) is 20.8 Å². The summed E-state index contributed by atoms with van der Waals surface area (Å²) in [4.78, 5) is 14.1. The Kier molecular flexibility index (Phi) is 7.19. The zero-order chi connectivity index (χ0) is 23.2. The third-order valence-electron chi connectivity index (χ3n) is 6.17. The number of benzene rings is 2. The molecule has 1 aliphatic rings. The first kappa shape index (κ1) is 22.7. The van der Waals surface area contributed by atoms with Crippen LogP contribution in [0.4, 0.5) is 4.79 Å². The predicted molar refractivity (Wildman–Crippen MR) is 128 cm³/mol. The van der Waals surface area contributed by atoms with Gasteiger partial charge in [-0.2, -0.15) is 0 Å². The van der Waals surface area contributed by atoms with Crippen molar-refractivity contribution in [3.05, 3.63) is 59.8 Å². The van der Waals surface area contributed by atoms with Crippen molar-refractivity contribution in [3.63, 3.8) is 0 Å². The molecule has 4 rings (SSSR count). The standard InChI is InChI=1S/C26H30N2O5/c1-31-24-10-7-17(14-25(24)32-2)18-11-12-27-20(13-18)6-4-3-5-19-16-28-23-9-8-21(15-22(19)23)33-26(29)30/h7-11,14-16,20,27-28H,3-6,12-13H2,1-2H3,(H,29,30). The zero-order valence-electron chi connectivity index (χ0n) is 19.0. The van der Waals surface area contributed by atoms with Gasteiger partial charge in [-0.15, -0.1) is 0 Å². The molecule has 0 radical (unpaired) electrons. The van der Waals surface area contributed by atoms with Crippen molar-refractivity contribution in [2.24, 2.45) is 0 Å². The summed E-state index contributed by atoms with van der Waals surface area (Å²) >= 11 is 0. The van der Waals surface area contributed by atoms with E-state index in [2.05, 4.69) is 22.4 Å². The Bertz CT molecular complexity index is 1150. The normalized spacial score (nSPS) is 15.8. The molecule has 1 aliphatic heterocycles. The Labute approximate surface area is 193 Å². The lowest BCUT2D eigenvalue weighted by Crippen LogP contribution is -2.32.